The molecule has 0 radical (unpaired) electrons. The molecule has 0 saturated carbocycles. The van der Waals surface area contributed by atoms with Crippen LogP contribution in [0.4, 0.5) is 5.69 Å². The SMILES string of the molecule is CC(C)Cn1ncc(NCCC(=O)NC(C)C)c(Cl)c1=O. The topological polar surface area (TPSA) is 76.0 Å². The van der Waals surface area contributed by atoms with Gasteiger partial charge in [0.15, 0.2) is 0 Å². The minimum Gasteiger partial charge on any atom is -0.382 e. The van der Waals surface area contributed by atoms with Crippen molar-refractivity contribution in [3.8, 4) is 0 Å². The summed E-state index contributed by atoms with van der Waals surface area (Å²) in [5.41, 5.74) is 0.140. The van der Waals surface area contributed by atoms with Crippen molar-refractivity contribution < 1.29 is 4.79 Å². The molecular weight excluding hydrogens is 292 g/mol. The first-order valence-electron chi connectivity index (χ1n) is 7.10. The van der Waals surface area contributed by atoms with Crippen molar-refractivity contribution in [1.29, 1.82) is 0 Å². The van der Waals surface area contributed by atoms with E-state index in [9.17, 15) is 9.59 Å². The lowest BCUT2D eigenvalue weighted by Gasteiger charge is -2.12. The second-order valence-electron chi connectivity index (χ2n) is 5.65. The molecule has 1 heterocycles. The first kappa shape index (κ1) is 17.5. The molecule has 6 nitrogen and oxygen atoms in total. The smallest absolute Gasteiger partial charge is 0.287 e. The number of halogens is 1. The van der Waals surface area contributed by atoms with Crippen LogP contribution in [0.15, 0.2) is 11.0 Å². The van der Waals surface area contributed by atoms with E-state index in [0.29, 0.717) is 31.1 Å². The predicted octanol–water partition coefficient (Wildman–Crippen LogP) is 1.88. The van der Waals surface area contributed by atoms with Crippen LogP contribution in [-0.2, 0) is 11.3 Å². The van der Waals surface area contributed by atoms with Gasteiger partial charge in [0.1, 0.15) is 5.02 Å². The molecule has 0 fully saturated rings. The average molecular weight is 315 g/mol. The molecule has 0 bridgehead atoms. The fraction of sp³-hybridized carbons (Fsp3) is 0.643. The third-order valence-corrected chi connectivity index (χ3v) is 3.01. The highest BCUT2D eigenvalue weighted by Crippen LogP contribution is 2.15. The van der Waals surface area contributed by atoms with Crippen LogP contribution in [-0.4, -0.2) is 28.3 Å². The molecule has 1 aromatic rings. The summed E-state index contributed by atoms with van der Waals surface area (Å²) in [7, 11) is 0. The Balaban J connectivity index is 2.63. The number of amides is 1. The summed E-state index contributed by atoms with van der Waals surface area (Å²) in [5.74, 6) is 0.263. The summed E-state index contributed by atoms with van der Waals surface area (Å²) < 4.78 is 1.35. The highest BCUT2D eigenvalue weighted by Gasteiger charge is 2.10. The fourth-order valence-corrected chi connectivity index (χ4v) is 1.98. The summed E-state index contributed by atoms with van der Waals surface area (Å²) >= 11 is 6.05. The van der Waals surface area contributed by atoms with Gasteiger partial charge in [-0.1, -0.05) is 25.4 Å². The zero-order chi connectivity index (χ0) is 16.0. The van der Waals surface area contributed by atoms with Gasteiger partial charge in [-0.15, -0.1) is 0 Å². The first-order valence-corrected chi connectivity index (χ1v) is 7.48. The molecule has 0 aliphatic carbocycles. The van der Waals surface area contributed by atoms with Crippen LogP contribution >= 0.6 is 11.6 Å². The molecule has 118 valence electrons. The van der Waals surface area contributed by atoms with Crippen LogP contribution in [0.25, 0.3) is 0 Å². The number of hydrogen-bond donors (Lipinski definition) is 2. The van der Waals surface area contributed by atoms with E-state index in [1.54, 1.807) is 0 Å². The van der Waals surface area contributed by atoms with E-state index < -0.39 is 0 Å². The van der Waals surface area contributed by atoms with Crippen LogP contribution in [0.3, 0.4) is 0 Å². The van der Waals surface area contributed by atoms with Crippen molar-refractivity contribution >= 4 is 23.2 Å². The molecule has 0 aliphatic rings. The van der Waals surface area contributed by atoms with E-state index in [2.05, 4.69) is 15.7 Å². The molecule has 21 heavy (non-hydrogen) atoms. The van der Waals surface area contributed by atoms with Gasteiger partial charge in [0.05, 0.1) is 11.9 Å². The van der Waals surface area contributed by atoms with Gasteiger partial charge in [0, 0.05) is 25.6 Å². The number of anilines is 1. The molecule has 1 rings (SSSR count). The predicted molar refractivity (Wildman–Crippen MR) is 84.7 cm³/mol. The molecule has 0 atom stereocenters. The Kier molecular flexibility index (Phi) is 6.68. The first-order chi connectivity index (χ1) is 9.81. The maximum absolute atomic E-state index is 12.0. The summed E-state index contributed by atoms with van der Waals surface area (Å²) in [4.78, 5) is 23.5. The number of nitrogens with one attached hydrogen (secondary N) is 2. The Morgan fingerprint density at radius 3 is 2.62 bits per heavy atom. The van der Waals surface area contributed by atoms with E-state index in [-0.39, 0.29) is 22.5 Å². The minimum atomic E-state index is -0.318. The van der Waals surface area contributed by atoms with Crippen LogP contribution < -0.4 is 16.2 Å². The maximum Gasteiger partial charge on any atom is 0.287 e. The summed E-state index contributed by atoms with van der Waals surface area (Å²) in [6, 6.07) is 0.114. The number of rotatable bonds is 7. The van der Waals surface area contributed by atoms with Crippen LogP contribution in [0.1, 0.15) is 34.1 Å². The molecule has 1 aromatic heterocycles. The molecule has 0 unspecified atom stereocenters. The van der Waals surface area contributed by atoms with Gasteiger partial charge in [-0.25, -0.2) is 4.68 Å². The maximum atomic E-state index is 12.0. The van der Waals surface area contributed by atoms with Gasteiger partial charge < -0.3 is 10.6 Å². The number of carbonyl (C=O) groups is 1. The molecule has 2 N–H and O–H groups in total. The zero-order valence-electron chi connectivity index (χ0n) is 12.9. The Morgan fingerprint density at radius 1 is 1.38 bits per heavy atom. The van der Waals surface area contributed by atoms with Gasteiger partial charge >= 0.3 is 0 Å². The summed E-state index contributed by atoms with van der Waals surface area (Å²) in [6.07, 6.45) is 1.83. The molecule has 1 amide bonds. The molecule has 0 saturated heterocycles. The van der Waals surface area contributed by atoms with Gasteiger partial charge in [0.25, 0.3) is 5.56 Å². The van der Waals surface area contributed by atoms with E-state index in [0.717, 1.165) is 0 Å². The Labute approximate surface area is 129 Å². The van der Waals surface area contributed by atoms with Crippen LogP contribution in [0.5, 0.6) is 0 Å². The van der Waals surface area contributed by atoms with E-state index in [1.165, 1.54) is 10.9 Å². The lowest BCUT2D eigenvalue weighted by atomic mass is 10.2. The summed E-state index contributed by atoms with van der Waals surface area (Å²) in [6.45, 7) is 8.73. The standard InChI is InChI=1S/C14H23ClN4O2/c1-9(2)8-19-14(21)13(15)11(7-17-19)16-6-5-12(20)18-10(3)4/h7,9-10,16H,5-6,8H2,1-4H3,(H,18,20). The molecule has 7 heteroatoms. The van der Waals surface area contributed by atoms with Gasteiger partial charge in [-0.2, -0.15) is 5.10 Å². The van der Waals surface area contributed by atoms with Crippen molar-refractivity contribution in [3.05, 3.63) is 21.6 Å². The fourth-order valence-electron chi connectivity index (χ4n) is 1.77. The molecule has 0 spiro atoms. The van der Waals surface area contributed by atoms with Crippen molar-refractivity contribution in [2.45, 2.75) is 46.7 Å². The molecular formula is C14H23ClN4O2. The number of carbonyl (C=O) groups excluding carboxylic acids is 1. The lowest BCUT2D eigenvalue weighted by molar-refractivity contribution is -0.121. The molecule has 0 aromatic carbocycles. The quantitative estimate of drug-likeness (QED) is 0.805. The highest BCUT2D eigenvalue weighted by atomic mass is 35.5. The molecule has 0 aliphatic heterocycles. The highest BCUT2D eigenvalue weighted by molar-refractivity contribution is 6.32. The average Bonchev–Trinajstić information content (AvgIpc) is 2.36. The van der Waals surface area contributed by atoms with Crippen LogP contribution in [0.2, 0.25) is 5.02 Å². The Hall–Kier alpha value is -1.56. The van der Waals surface area contributed by atoms with E-state index in [1.807, 2.05) is 27.7 Å². The van der Waals surface area contributed by atoms with E-state index >= 15 is 0 Å². The van der Waals surface area contributed by atoms with Crippen molar-refractivity contribution in [2.75, 3.05) is 11.9 Å². The second-order valence-corrected chi connectivity index (χ2v) is 6.03. The Bertz CT molecular complexity index is 540. The zero-order valence-corrected chi connectivity index (χ0v) is 13.7. The summed E-state index contributed by atoms with van der Waals surface area (Å²) in [5, 5.41) is 9.95. The van der Waals surface area contributed by atoms with Crippen molar-refractivity contribution in [2.24, 2.45) is 5.92 Å². The lowest BCUT2D eigenvalue weighted by Crippen LogP contribution is -2.31. The third kappa shape index (κ3) is 5.75. The monoisotopic (exact) mass is 314 g/mol. The van der Waals surface area contributed by atoms with Gasteiger partial charge in [0.2, 0.25) is 5.91 Å². The second kappa shape index (κ2) is 8.02. The van der Waals surface area contributed by atoms with Crippen molar-refractivity contribution in [1.82, 2.24) is 15.1 Å². The number of aromatic nitrogens is 2. The van der Waals surface area contributed by atoms with Crippen molar-refractivity contribution in [3.63, 3.8) is 0 Å². The Morgan fingerprint density at radius 2 is 2.05 bits per heavy atom. The number of nitrogens with zero attached hydrogens (tertiary/aromatic N) is 2. The number of hydrogen-bond acceptors (Lipinski definition) is 4. The normalized spacial score (nSPS) is 11.0. The van der Waals surface area contributed by atoms with Gasteiger partial charge in [-0.05, 0) is 19.8 Å². The minimum absolute atomic E-state index is 0.0465. The van der Waals surface area contributed by atoms with Crippen LogP contribution in [0, 0.1) is 5.92 Å². The van der Waals surface area contributed by atoms with Gasteiger partial charge in [-0.3, -0.25) is 9.59 Å². The van der Waals surface area contributed by atoms with E-state index in [4.69, 9.17) is 11.6 Å². The third-order valence-electron chi connectivity index (χ3n) is 2.64. The largest absolute Gasteiger partial charge is 0.382 e.